The van der Waals surface area contributed by atoms with Crippen molar-refractivity contribution in [3.63, 3.8) is 0 Å². The third-order valence-corrected chi connectivity index (χ3v) is 8.08. The Morgan fingerprint density at radius 1 is 0.967 bits per heavy atom. The summed E-state index contributed by atoms with van der Waals surface area (Å²) in [6.45, 7) is 3.28. The Kier molecular flexibility index (Phi) is 8.92. The van der Waals surface area contributed by atoms with Gasteiger partial charge in [0.25, 0.3) is 0 Å². The number of esters is 2. The summed E-state index contributed by atoms with van der Waals surface area (Å²) in [6, 6.07) is 9.63. The number of hydrogen-bond donors (Lipinski definition) is 0. The zero-order valence-corrected chi connectivity index (χ0v) is 23.1. The molecule has 0 saturated carbocycles. The van der Waals surface area contributed by atoms with E-state index in [0.717, 1.165) is 3.57 Å². The largest absolute Gasteiger partial charge is 0.744 e. The van der Waals surface area contributed by atoms with Gasteiger partial charge in [0.1, 0.15) is 21.6 Å². The van der Waals surface area contributed by atoms with Crippen LogP contribution in [0.15, 0.2) is 41.3 Å². The fourth-order valence-corrected chi connectivity index (χ4v) is 6.57. The van der Waals surface area contributed by atoms with Crippen molar-refractivity contribution in [3.05, 3.63) is 47.1 Å². The summed E-state index contributed by atoms with van der Waals surface area (Å²) < 4.78 is 46.0. The maximum absolute atomic E-state index is 12.6. The lowest BCUT2D eigenvalue weighted by Crippen LogP contribution is -2.30. The van der Waals surface area contributed by atoms with E-state index in [9.17, 15) is 22.6 Å². The molecule has 0 radical (unpaired) electrons. The zero-order valence-electron chi connectivity index (χ0n) is 15.8. The van der Waals surface area contributed by atoms with Gasteiger partial charge in [0.2, 0.25) is 0 Å². The van der Waals surface area contributed by atoms with E-state index in [0.29, 0.717) is 5.75 Å². The smallest absolute Gasteiger partial charge is 0.316 e. The lowest BCUT2D eigenvalue weighted by molar-refractivity contribution is -0.145. The molecule has 2 rings (SSSR count). The first-order valence-corrected chi connectivity index (χ1v) is 13.1. The van der Waals surface area contributed by atoms with Crippen LogP contribution in [0.1, 0.15) is 26.7 Å². The molecular weight excluding hydrogens is 753 g/mol. The maximum Gasteiger partial charge on any atom is 0.316 e. The highest BCUT2D eigenvalue weighted by atomic mass is 127. The van der Waals surface area contributed by atoms with Gasteiger partial charge in [-0.3, -0.25) is 9.59 Å². The molecule has 30 heavy (non-hydrogen) atoms. The fraction of sp³-hybridized carbons (Fsp3) is 0.263. The van der Waals surface area contributed by atoms with E-state index < -0.39 is 27.5 Å². The molecule has 0 aromatic heterocycles. The van der Waals surface area contributed by atoms with Gasteiger partial charge in [0.15, 0.2) is 0 Å². The Bertz CT molecular complexity index is 1040. The summed E-state index contributed by atoms with van der Waals surface area (Å²) in [5, 5.41) is 0. The summed E-state index contributed by atoms with van der Waals surface area (Å²) in [6.07, 6.45) is 0.201. The van der Waals surface area contributed by atoms with E-state index in [-0.39, 0.29) is 30.6 Å². The normalized spacial score (nSPS) is 11.8. The quantitative estimate of drug-likeness (QED) is 0.174. The van der Waals surface area contributed by atoms with Crippen molar-refractivity contribution in [1.82, 2.24) is 0 Å². The van der Waals surface area contributed by atoms with E-state index in [1.54, 1.807) is 71.2 Å². The molecule has 0 amide bonds. The Balaban J connectivity index is 2.01. The van der Waals surface area contributed by atoms with Gasteiger partial charge in [-0.25, -0.2) is 8.42 Å². The predicted molar refractivity (Wildman–Crippen MR) is 133 cm³/mol. The van der Waals surface area contributed by atoms with E-state index in [1.165, 1.54) is 12.1 Å². The van der Waals surface area contributed by atoms with Crippen LogP contribution in [-0.2, 0) is 19.7 Å². The Morgan fingerprint density at radius 3 is 2.00 bits per heavy atom. The van der Waals surface area contributed by atoms with E-state index in [1.807, 2.05) is 12.1 Å². The Hall–Kier alpha value is -0.520. The van der Waals surface area contributed by atoms with Crippen LogP contribution in [-0.4, -0.2) is 24.9 Å². The summed E-state index contributed by atoms with van der Waals surface area (Å²) in [7, 11) is -4.64. The molecule has 0 spiro atoms. The van der Waals surface area contributed by atoms with Gasteiger partial charge < -0.3 is 14.0 Å². The monoisotopic (exact) mass is 769 g/mol. The van der Waals surface area contributed by atoms with E-state index in [2.05, 4.69) is 22.6 Å². The minimum atomic E-state index is -4.64. The number of carbonyl (C=O) groups excluding carboxylic acids is 2. The summed E-state index contributed by atoms with van der Waals surface area (Å²) in [4.78, 5) is 24.3. The first kappa shape index (κ1) is 25.7. The summed E-state index contributed by atoms with van der Waals surface area (Å²) >= 11 is 5.56. The molecule has 162 valence electrons. The molecule has 0 N–H and O–H groups in total. The van der Waals surface area contributed by atoms with Gasteiger partial charge in [0.05, 0.1) is 10.3 Å². The van der Waals surface area contributed by atoms with Crippen molar-refractivity contribution in [2.75, 3.05) is 0 Å². The number of ether oxygens (including phenoxy) is 2. The standard InChI is InChI=1S/C19H17I3O7S/c1-19(2,8-7-16(23)28-12-5-3-11(20)4-6-12)18(24)29-13-9-14(21)17(15(22)10-13)30(25,26)27/h3-6,9-10H,7-8H2,1-2H3,(H,25,26,27)/p-1. The third kappa shape index (κ3) is 7.27. The SMILES string of the molecule is CC(C)(CCC(=O)Oc1ccc(I)cc1)C(=O)Oc1cc(I)c(S(=O)(=O)[O-])c(I)c1. The molecule has 0 aliphatic carbocycles. The van der Waals surface area contributed by atoms with Crippen LogP contribution >= 0.6 is 67.8 Å². The zero-order chi connectivity index (χ0) is 22.7. The van der Waals surface area contributed by atoms with Gasteiger partial charge in [0, 0.05) is 17.1 Å². The lowest BCUT2D eigenvalue weighted by atomic mass is 9.88. The molecule has 11 heteroatoms. The second-order valence-corrected chi connectivity index (χ2v) is 11.8. The minimum absolute atomic E-state index is 0.0104. The Labute approximate surface area is 215 Å². The van der Waals surface area contributed by atoms with Crippen molar-refractivity contribution in [3.8, 4) is 11.5 Å². The first-order chi connectivity index (χ1) is 13.8. The minimum Gasteiger partial charge on any atom is -0.744 e. The summed E-state index contributed by atoms with van der Waals surface area (Å²) in [5.41, 5.74) is -0.995. The lowest BCUT2D eigenvalue weighted by Gasteiger charge is -2.22. The highest BCUT2D eigenvalue weighted by molar-refractivity contribution is 14.1. The highest BCUT2D eigenvalue weighted by Crippen LogP contribution is 2.31. The van der Waals surface area contributed by atoms with E-state index >= 15 is 0 Å². The molecule has 0 aliphatic rings. The second-order valence-electron chi connectivity index (χ2n) is 6.87. The highest BCUT2D eigenvalue weighted by Gasteiger charge is 2.31. The van der Waals surface area contributed by atoms with Crippen LogP contribution in [0.5, 0.6) is 11.5 Å². The fourth-order valence-electron chi connectivity index (χ4n) is 2.28. The van der Waals surface area contributed by atoms with Crippen molar-refractivity contribution < 1.29 is 32.0 Å². The van der Waals surface area contributed by atoms with Crippen LogP contribution in [0, 0.1) is 16.1 Å². The second kappa shape index (κ2) is 10.4. The molecule has 0 bridgehead atoms. The van der Waals surface area contributed by atoms with Crippen LogP contribution in [0.4, 0.5) is 0 Å². The van der Waals surface area contributed by atoms with E-state index in [4.69, 9.17) is 9.47 Å². The Morgan fingerprint density at radius 2 is 1.50 bits per heavy atom. The third-order valence-electron chi connectivity index (χ3n) is 3.98. The topological polar surface area (TPSA) is 110 Å². The number of rotatable bonds is 7. The van der Waals surface area contributed by atoms with Gasteiger partial charge in [-0.15, -0.1) is 0 Å². The number of halogens is 3. The molecule has 0 heterocycles. The van der Waals surface area contributed by atoms with Gasteiger partial charge in [-0.05, 0) is 124 Å². The van der Waals surface area contributed by atoms with Crippen LogP contribution < -0.4 is 9.47 Å². The van der Waals surface area contributed by atoms with Crippen LogP contribution in [0.3, 0.4) is 0 Å². The first-order valence-electron chi connectivity index (χ1n) is 8.43. The van der Waals surface area contributed by atoms with Crippen molar-refractivity contribution >= 4 is 89.8 Å². The van der Waals surface area contributed by atoms with Crippen molar-refractivity contribution in [2.24, 2.45) is 5.41 Å². The molecule has 0 saturated heterocycles. The van der Waals surface area contributed by atoms with Crippen molar-refractivity contribution in [2.45, 2.75) is 31.6 Å². The van der Waals surface area contributed by atoms with Gasteiger partial charge in [-0.1, -0.05) is 0 Å². The maximum atomic E-state index is 12.6. The molecular formula is C19H16I3O7S-. The average molecular weight is 769 g/mol. The molecule has 7 nitrogen and oxygen atoms in total. The van der Waals surface area contributed by atoms with Crippen LogP contribution in [0.2, 0.25) is 0 Å². The number of carbonyl (C=O) groups is 2. The molecule has 0 atom stereocenters. The molecule has 0 aliphatic heterocycles. The molecule has 2 aromatic carbocycles. The molecule has 0 fully saturated rings. The van der Waals surface area contributed by atoms with Crippen molar-refractivity contribution in [1.29, 1.82) is 0 Å². The molecule has 0 unspecified atom stereocenters. The number of hydrogen-bond acceptors (Lipinski definition) is 7. The summed E-state index contributed by atoms with van der Waals surface area (Å²) in [5.74, 6) is -0.505. The van der Waals surface area contributed by atoms with Gasteiger partial charge in [-0.2, -0.15) is 0 Å². The van der Waals surface area contributed by atoms with Crippen LogP contribution in [0.25, 0.3) is 0 Å². The molecule has 2 aromatic rings. The number of benzene rings is 2. The predicted octanol–water partition coefficient (Wildman–Crippen LogP) is 4.72. The van der Waals surface area contributed by atoms with Gasteiger partial charge >= 0.3 is 11.9 Å². The average Bonchev–Trinajstić information content (AvgIpc) is 2.60.